The Balaban J connectivity index is 1.67. The number of rotatable bonds is 3. The molecule has 150 valence electrons. The Labute approximate surface area is 168 Å². The molecule has 1 aliphatic rings. The van der Waals surface area contributed by atoms with Crippen LogP contribution in [-0.2, 0) is 0 Å². The van der Waals surface area contributed by atoms with Crippen LogP contribution in [0.3, 0.4) is 0 Å². The summed E-state index contributed by atoms with van der Waals surface area (Å²) >= 11 is 0. The van der Waals surface area contributed by atoms with Crippen molar-refractivity contribution in [2.75, 3.05) is 11.1 Å². The quantitative estimate of drug-likeness (QED) is 0.627. The Morgan fingerprint density at radius 3 is 2.83 bits per heavy atom. The third-order valence-electron chi connectivity index (χ3n) is 5.58. The first-order valence-electron chi connectivity index (χ1n) is 9.77. The molecule has 3 aromatic rings. The molecule has 0 aliphatic heterocycles. The SMILES string of the molecule is CC1CC(N)CC(c2ccncc2NC(=O)c2ccc(F)c3cc(N)cnc23)C1. The summed E-state index contributed by atoms with van der Waals surface area (Å²) < 4.78 is 14.2. The number of amides is 1. The predicted molar refractivity (Wildman–Crippen MR) is 112 cm³/mol. The van der Waals surface area contributed by atoms with E-state index < -0.39 is 5.82 Å². The van der Waals surface area contributed by atoms with Crippen LogP contribution in [0.15, 0.2) is 42.9 Å². The maximum absolute atomic E-state index is 14.2. The summed E-state index contributed by atoms with van der Waals surface area (Å²) in [7, 11) is 0. The number of nitrogens with two attached hydrogens (primary N) is 2. The Hall–Kier alpha value is -3.06. The van der Waals surface area contributed by atoms with Crippen molar-refractivity contribution in [3.8, 4) is 0 Å². The molecule has 1 amide bonds. The number of nitrogens with zero attached hydrogens (tertiary/aromatic N) is 2. The predicted octanol–water partition coefficient (Wildman–Crippen LogP) is 3.83. The van der Waals surface area contributed by atoms with Gasteiger partial charge in [-0.1, -0.05) is 6.92 Å². The lowest BCUT2D eigenvalue weighted by molar-refractivity contribution is 0.102. The molecule has 5 N–H and O–H groups in total. The molecular weight excluding hydrogens is 369 g/mol. The smallest absolute Gasteiger partial charge is 0.257 e. The molecule has 7 heteroatoms. The monoisotopic (exact) mass is 393 g/mol. The number of aromatic nitrogens is 2. The van der Waals surface area contributed by atoms with Gasteiger partial charge in [0.25, 0.3) is 5.91 Å². The molecule has 1 saturated carbocycles. The van der Waals surface area contributed by atoms with Gasteiger partial charge in [-0.2, -0.15) is 0 Å². The Morgan fingerprint density at radius 2 is 2.03 bits per heavy atom. The van der Waals surface area contributed by atoms with Gasteiger partial charge < -0.3 is 16.8 Å². The molecule has 2 heterocycles. The van der Waals surface area contributed by atoms with E-state index in [0.717, 1.165) is 24.8 Å². The van der Waals surface area contributed by atoms with Crippen molar-refractivity contribution in [3.05, 3.63) is 59.8 Å². The van der Waals surface area contributed by atoms with Crippen LogP contribution in [0.25, 0.3) is 10.9 Å². The molecule has 1 fully saturated rings. The zero-order valence-electron chi connectivity index (χ0n) is 16.2. The maximum Gasteiger partial charge on any atom is 0.257 e. The van der Waals surface area contributed by atoms with Crippen molar-refractivity contribution in [2.45, 2.75) is 38.1 Å². The molecule has 1 aliphatic carbocycles. The van der Waals surface area contributed by atoms with Crippen molar-refractivity contribution in [2.24, 2.45) is 11.7 Å². The summed E-state index contributed by atoms with van der Waals surface area (Å²) in [5.74, 6) is -0.0515. The lowest BCUT2D eigenvalue weighted by Crippen LogP contribution is -2.31. The minimum absolute atomic E-state index is 0.149. The van der Waals surface area contributed by atoms with Gasteiger partial charge in [-0.25, -0.2) is 4.39 Å². The topological polar surface area (TPSA) is 107 Å². The molecule has 0 bridgehead atoms. The highest BCUT2D eigenvalue weighted by Crippen LogP contribution is 2.38. The van der Waals surface area contributed by atoms with Crippen LogP contribution in [0.5, 0.6) is 0 Å². The largest absolute Gasteiger partial charge is 0.397 e. The highest BCUT2D eigenvalue weighted by atomic mass is 19.1. The van der Waals surface area contributed by atoms with Gasteiger partial charge in [0.2, 0.25) is 0 Å². The van der Waals surface area contributed by atoms with Gasteiger partial charge in [-0.15, -0.1) is 0 Å². The number of benzene rings is 1. The van der Waals surface area contributed by atoms with Gasteiger partial charge in [-0.05, 0) is 60.9 Å². The standard InChI is InChI=1S/C22H24FN5O/c1-12-6-13(8-14(24)7-12)16-4-5-26-11-20(16)28-22(29)17-2-3-19(23)18-9-15(25)10-27-21(17)18/h2-5,9-14H,6-8,24-25H2,1H3,(H,28,29). The molecule has 4 rings (SSSR count). The van der Waals surface area contributed by atoms with E-state index in [1.54, 1.807) is 12.4 Å². The first kappa shape index (κ1) is 19.3. The highest BCUT2D eigenvalue weighted by Gasteiger charge is 2.27. The fourth-order valence-corrected chi connectivity index (χ4v) is 4.35. The molecule has 6 nitrogen and oxygen atoms in total. The van der Waals surface area contributed by atoms with E-state index in [1.807, 2.05) is 6.07 Å². The van der Waals surface area contributed by atoms with Crippen molar-refractivity contribution >= 4 is 28.2 Å². The van der Waals surface area contributed by atoms with E-state index in [1.165, 1.54) is 24.4 Å². The summed E-state index contributed by atoms with van der Waals surface area (Å²) in [6.07, 6.45) is 7.69. The normalized spacial score (nSPS) is 21.8. The molecule has 3 unspecified atom stereocenters. The van der Waals surface area contributed by atoms with Crippen LogP contribution in [-0.4, -0.2) is 21.9 Å². The van der Waals surface area contributed by atoms with Crippen LogP contribution >= 0.6 is 0 Å². The number of pyridine rings is 2. The van der Waals surface area contributed by atoms with Gasteiger partial charge in [0.15, 0.2) is 0 Å². The first-order chi connectivity index (χ1) is 13.9. The van der Waals surface area contributed by atoms with E-state index in [2.05, 4.69) is 22.2 Å². The van der Waals surface area contributed by atoms with Crippen LogP contribution in [0.2, 0.25) is 0 Å². The number of nitrogens with one attached hydrogen (secondary N) is 1. The number of nitrogen functional groups attached to an aromatic ring is 1. The average Bonchev–Trinajstić information content (AvgIpc) is 2.68. The Bertz CT molecular complexity index is 1060. The number of hydrogen-bond acceptors (Lipinski definition) is 5. The maximum atomic E-state index is 14.2. The summed E-state index contributed by atoms with van der Waals surface area (Å²) in [5.41, 5.74) is 14.5. The summed E-state index contributed by atoms with van der Waals surface area (Å²) in [6, 6.07) is 6.26. The second kappa shape index (κ2) is 7.75. The lowest BCUT2D eigenvalue weighted by atomic mass is 9.76. The third kappa shape index (κ3) is 3.91. The molecule has 0 radical (unpaired) electrons. The fourth-order valence-electron chi connectivity index (χ4n) is 4.35. The number of halogens is 1. The average molecular weight is 393 g/mol. The third-order valence-corrected chi connectivity index (χ3v) is 5.58. The fraction of sp³-hybridized carbons (Fsp3) is 0.318. The van der Waals surface area contributed by atoms with Crippen LogP contribution in [0.1, 0.15) is 48.0 Å². The van der Waals surface area contributed by atoms with Crippen LogP contribution < -0.4 is 16.8 Å². The van der Waals surface area contributed by atoms with E-state index >= 15 is 0 Å². The van der Waals surface area contributed by atoms with Crippen molar-refractivity contribution < 1.29 is 9.18 Å². The van der Waals surface area contributed by atoms with Gasteiger partial charge >= 0.3 is 0 Å². The lowest BCUT2D eigenvalue weighted by Gasteiger charge is -2.32. The number of fused-ring (bicyclic) bond motifs is 1. The van der Waals surface area contributed by atoms with Crippen LogP contribution in [0, 0.1) is 11.7 Å². The zero-order chi connectivity index (χ0) is 20.5. The van der Waals surface area contributed by atoms with Crippen molar-refractivity contribution in [1.82, 2.24) is 9.97 Å². The highest BCUT2D eigenvalue weighted by molar-refractivity contribution is 6.12. The summed E-state index contributed by atoms with van der Waals surface area (Å²) in [6.45, 7) is 2.20. The zero-order valence-corrected chi connectivity index (χ0v) is 16.2. The Morgan fingerprint density at radius 1 is 1.21 bits per heavy atom. The second-order valence-corrected chi connectivity index (χ2v) is 7.95. The van der Waals surface area contributed by atoms with Crippen molar-refractivity contribution in [3.63, 3.8) is 0 Å². The molecule has 2 aromatic heterocycles. The molecule has 29 heavy (non-hydrogen) atoms. The minimum atomic E-state index is -0.469. The number of carbonyl (C=O) groups excluding carboxylic acids is 1. The number of anilines is 2. The van der Waals surface area contributed by atoms with E-state index in [9.17, 15) is 9.18 Å². The second-order valence-electron chi connectivity index (χ2n) is 7.95. The molecule has 0 saturated heterocycles. The molecular formula is C22H24FN5O. The Kier molecular flexibility index (Phi) is 5.15. The first-order valence-corrected chi connectivity index (χ1v) is 9.77. The van der Waals surface area contributed by atoms with E-state index in [0.29, 0.717) is 17.3 Å². The van der Waals surface area contributed by atoms with E-state index in [-0.39, 0.29) is 34.3 Å². The minimum Gasteiger partial charge on any atom is -0.397 e. The van der Waals surface area contributed by atoms with Gasteiger partial charge in [0.1, 0.15) is 5.82 Å². The van der Waals surface area contributed by atoms with Gasteiger partial charge in [0, 0.05) is 17.6 Å². The molecule has 3 atom stereocenters. The summed E-state index contributed by atoms with van der Waals surface area (Å²) in [4.78, 5) is 21.4. The van der Waals surface area contributed by atoms with E-state index in [4.69, 9.17) is 11.5 Å². The van der Waals surface area contributed by atoms with Gasteiger partial charge in [-0.3, -0.25) is 14.8 Å². The summed E-state index contributed by atoms with van der Waals surface area (Å²) in [5, 5.41) is 3.16. The van der Waals surface area contributed by atoms with Crippen LogP contribution in [0.4, 0.5) is 15.8 Å². The van der Waals surface area contributed by atoms with Gasteiger partial charge in [0.05, 0.1) is 34.8 Å². The molecule has 1 aromatic carbocycles. The molecule has 0 spiro atoms. The number of hydrogen-bond donors (Lipinski definition) is 3. The van der Waals surface area contributed by atoms with Crippen molar-refractivity contribution in [1.29, 1.82) is 0 Å². The number of carbonyl (C=O) groups is 1.